The van der Waals surface area contributed by atoms with Crippen LogP contribution < -0.4 is 0 Å². The fourth-order valence-electron chi connectivity index (χ4n) is 0.931. The predicted molar refractivity (Wildman–Crippen MR) is 45.4 cm³/mol. The molecule has 0 unspecified atom stereocenters. The third kappa shape index (κ3) is 1.54. The Hall–Kier alpha value is -0.960. The van der Waals surface area contributed by atoms with Crippen LogP contribution in [0.1, 0.15) is 15.9 Å². The molecule has 0 aromatic heterocycles. The zero-order valence-corrected chi connectivity index (χ0v) is 6.93. The predicted octanol–water partition coefficient (Wildman–Crippen LogP) is 1.98. The highest BCUT2D eigenvalue weighted by atomic mass is 32.1. The van der Waals surface area contributed by atoms with E-state index in [1.165, 1.54) is 0 Å². The standard InChI is InChI=1S/C8H8O2S/c1-5-3-2-4-6(11)7(5)8(9)10/h2-4,11H,1H3,(H,9,10). The summed E-state index contributed by atoms with van der Waals surface area (Å²) in [5, 5.41) is 8.70. The van der Waals surface area contributed by atoms with Crippen LogP contribution in [0.5, 0.6) is 0 Å². The molecule has 0 radical (unpaired) electrons. The van der Waals surface area contributed by atoms with Crippen LogP contribution in [-0.4, -0.2) is 11.1 Å². The molecule has 2 nitrogen and oxygen atoms in total. The van der Waals surface area contributed by atoms with Crippen LogP contribution in [0, 0.1) is 6.92 Å². The third-order valence-electron chi connectivity index (χ3n) is 1.46. The minimum Gasteiger partial charge on any atom is -0.478 e. The van der Waals surface area contributed by atoms with Gasteiger partial charge in [-0.25, -0.2) is 4.79 Å². The first-order valence-electron chi connectivity index (χ1n) is 3.15. The number of carbonyl (C=O) groups is 1. The van der Waals surface area contributed by atoms with Gasteiger partial charge in [0.25, 0.3) is 0 Å². The van der Waals surface area contributed by atoms with Gasteiger partial charge in [0.05, 0.1) is 5.56 Å². The maximum Gasteiger partial charge on any atom is 0.337 e. The van der Waals surface area contributed by atoms with Crippen molar-refractivity contribution in [2.45, 2.75) is 11.8 Å². The molecule has 1 N–H and O–H groups in total. The number of benzene rings is 1. The number of hydrogen-bond acceptors (Lipinski definition) is 2. The Morgan fingerprint density at radius 1 is 1.55 bits per heavy atom. The van der Waals surface area contributed by atoms with Gasteiger partial charge in [-0.1, -0.05) is 12.1 Å². The van der Waals surface area contributed by atoms with Crippen LogP contribution in [0.25, 0.3) is 0 Å². The summed E-state index contributed by atoms with van der Waals surface area (Å²) < 4.78 is 0. The molecule has 0 fully saturated rings. The van der Waals surface area contributed by atoms with E-state index < -0.39 is 5.97 Å². The Kier molecular flexibility index (Phi) is 2.19. The van der Waals surface area contributed by atoms with Crippen molar-refractivity contribution in [2.24, 2.45) is 0 Å². The first-order chi connectivity index (χ1) is 5.13. The summed E-state index contributed by atoms with van der Waals surface area (Å²) >= 11 is 4.03. The molecular weight excluding hydrogens is 160 g/mol. The van der Waals surface area contributed by atoms with E-state index in [2.05, 4.69) is 12.6 Å². The first kappa shape index (κ1) is 8.14. The second-order valence-corrected chi connectivity index (χ2v) is 2.76. The Balaban J connectivity index is 3.32. The number of aromatic carboxylic acids is 1. The van der Waals surface area contributed by atoms with E-state index in [1.807, 2.05) is 0 Å². The first-order valence-corrected chi connectivity index (χ1v) is 3.59. The van der Waals surface area contributed by atoms with Crippen LogP contribution in [-0.2, 0) is 0 Å². The number of rotatable bonds is 1. The number of aryl methyl sites for hydroxylation is 1. The lowest BCUT2D eigenvalue weighted by Gasteiger charge is -2.01. The molecule has 0 bridgehead atoms. The highest BCUT2D eigenvalue weighted by molar-refractivity contribution is 7.80. The highest BCUT2D eigenvalue weighted by Gasteiger charge is 2.09. The molecule has 0 atom stereocenters. The lowest BCUT2D eigenvalue weighted by atomic mass is 10.1. The summed E-state index contributed by atoms with van der Waals surface area (Å²) in [5.74, 6) is -0.923. The van der Waals surface area contributed by atoms with Gasteiger partial charge in [0.1, 0.15) is 0 Å². The fraction of sp³-hybridized carbons (Fsp3) is 0.125. The second kappa shape index (κ2) is 2.96. The summed E-state index contributed by atoms with van der Waals surface area (Å²) in [4.78, 5) is 11.1. The molecule has 0 aliphatic carbocycles. The van der Waals surface area contributed by atoms with E-state index in [4.69, 9.17) is 5.11 Å². The lowest BCUT2D eigenvalue weighted by molar-refractivity contribution is 0.0692. The molecule has 0 heterocycles. The van der Waals surface area contributed by atoms with Gasteiger partial charge in [-0.3, -0.25) is 0 Å². The van der Waals surface area contributed by atoms with Gasteiger partial charge >= 0.3 is 5.97 Å². The average molecular weight is 168 g/mol. The summed E-state index contributed by atoms with van der Waals surface area (Å²) in [6, 6.07) is 5.20. The Morgan fingerprint density at radius 3 is 2.55 bits per heavy atom. The van der Waals surface area contributed by atoms with Crippen LogP contribution in [0.15, 0.2) is 23.1 Å². The molecule has 1 aromatic carbocycles. The molecule has 0 spiro atoms. The SMILES string of the molecule is Cc1cccc(S)c1C(=O)O. The molecule has 1 rings (SSSR count). The minimum atomic E-state index is -0.923. The molecule has 0 aliphatic heterocycles. The van der Waals surface area contributed by atoms with Crippen molar-refractivity contribution in [3.05, 3.63) is 29.3 Å². The van der Waals surface area contributed by atoms with Crippen molar-refractivity contribution < 1.29 is 9.90 Å². The lowest BCUT2D eigenvalue weighted by Crippen LogP contribution is -2.00. The summed E-state index contributed by atoms with van der Waals surface area (Å²) in [6.45, 7) is 1.75. The van der Waals surface area contributed by atoms with Crippen LogP contribution in [0.3, 0.4) is 0 Å². The molecule has 0 saturated heterocycles. The van der Waals surface area contributed by atoms with Crippen LogP contribution in [0.4, 0.5) is 0 Å². The summed E-state index contributed by atoms with van der Waals surface area (Å²) in [5.41, 5.74) is 1.03. The highest BCUT2D eigenvalue weighted by Crippen LogP contribution is 2.16. The van der Waals surface area contributed by atoms with Crippen molar-refractivity contribution in [3.8, 4) is 0 Å². The van der Waals surface area contributed by atoms with E-state index >= 15 is 0 Å². The zero-order valence-electron chi connectivity index (χ0n) is 6.03. The molecule has 0 amide bonds. The molecular formula is C8H8O2S. The van der Waals surface area contributed by atoms with Gasteiger partial charge in [-0.15, -0.1) is 12.6 Å². The van der Waals surface area contributed by atoms with Gasteiger partial charge in [0.15, 0.2) is 0 Å². The van der Waals surface area contributed by atoms with Crippen LogP contribution in [0.2, 0.25) is 0 Å². The second-order valence-electron chi connectivity index (χ2n) is 2.27. The van der Waals surface area contributed by atoms with Gasteiger partial charge in [-0.05, 0) is 18.6 Å². The molecule has 1 aromatic rings. The van der Waals surface area contributed by atoms with Gasteiger partial charge in [-0.2, -0.15) is 0 Å². The molecule has 0 saturated carbocycles. The molecule has 11 heavy (non-hydrogen) atoms. The molecule has 58 valence electrons. The van der Waals surface area contributed by atoms with Gasteiger partial charge in [0.2, 0.25) is 0 Å². The number of carboxylic acids is 1. The monoisotopic (exact) mass is 168 g/mol. The van der Waals surface area contributed by atoms with Crippen molar-refractivity contribution in [1.82, 2.24) is 0 Å². The van der Waals surface area contributed by atoms with E-state index in [-0.39, 0.29) is 5.56 Å². The number of carboxylic acid groups (broad SMARTS) is 1. The third-order valence-corrected chi connectivity index (χ3v) is 1.84. The Morgan fingerprint density at radius 2 is 2.18 bits per heavy atom. The van der Waals surface area contributed by atoms with E-state index in [9.17, 15) is 4.79 Å². The van der Waals surface area contributed by atoms with Crippen molar-refractivity contribution in [3.63, 3.8) is 0 Å². The van der Waals surface area contributed by atoms with Crippen LogP contribution >= 0.6 is 12.6 Å². The Labute approximate surface area is 70.3 Å². The maximum absolute atomic E-state index is 10.6. The fourth-order valence-corrected chi connectivity index (χ4v) is 1.29. The van der Waals surface area contributed by atoms with E-state index in [0.717, 1.165) is 5.56 Å². The van der Waals surface area contributed by atoms with Crippen molar-refractivity contribution in [1.29, 1.82) is 0 Å². The molecule has 0 aliphatic rings. The van der Waals surface area contributed by atoms with E-state index in [0.29, 0.717) is 4.90 Å². The smallest absolute Gasteiger partial charge is 0.337 e. The Bertz CT molecular complexity index is 274. The number of hydrogen-bond donors (Lipinski definition) is 2. The average Bonchev–Trinajstić information content (AvgIpc) is 1.85. The quantitative estimate of drug-likeness (QED) is 0.629. The largest absolute Gasteiger partial charge is 0.478 e. The zero-order chi connectivity index (χ0) is 8.43. The molecule has 3 heteroatoms. The van der Waals surface area contributed by atoms with Gasteiger partial charge < -0.3 is 5.11 Å². The maximum atomic E-state index is 10.6. The summed E-state index contributed by atoms with van der Waals surface area (Å²) in [7, 11) is 0. The van der Waals surface area contributed by atoms with Gasteiger partial charge in [0, 0.05) is 4.90 Å². The normalized spacial score (nSPS) is 9.64. The van der Waals surface area contributed by atoms with Crippen molar-refractivity contribution in [2.75, 3.05) is 0 Å². The minimum absolute atomic E-state index is 0.288. The van der Waals surface area contributed by atoms with Crippen molar-refractivity contribution >= 4 is 18.6 Å². The summed E-state index contributed by atoms with van der Waals surface area (Å²) in [6.07, 6.45) is 0. The van der Waals surface area contributed by atoms with E-state index in [1.54, 1.807) is 25.1 Å². The topological polar surface area (TPSA) is 37.3 Å². The number of thiol groups is 1.